The van der Waals surface area contributed by atoms with Crippen molar-refractivity contribution in [2.75, 3.05) is 10.3 Å². The topological polar surface area (TPSA) is 70.2 Å². The van der Waals surface area contributed by atoms with Crippen LogP contribution in [0.4, 0.5) is 37.7 Å². The van der Waals surface area contributed by atoms with Gasteiger partial charge in [-0.2, -0.15) is 26.3 Å². The molecule has 2 aromatic rings. The number of nitrogens with zero attached hydrogens (tertiary/aromatic N) is 3. The Morgan fingerprint density at radius 1 is 1.17 bits per heavy atom. The lowest BCUT2D eigenvalue weighted by Crippen LogP contribution is -2.55. The zero-order valence-corrected chi connectivity index (χ0v) is 15.6. The number of hydrogen-bond acceptors (Lipinski definition) is 6. The predicted octanol–water partition coefficient (Wildman–Crippen LogP) is 4.19. The fourth-order valence-electron chi connectivity index (χ4n) is 2.54. The van der Waals surface area contributed by atoms with E-state index in [2.05, 4.69) is 14.9 Å². The minimum atomic E-state index is -5.01. The van der Waals surface area contributed by atoms with Crippen molar-refractivity contribution in [3.63, 3.8) is 0 Å². The Balaban J connectivity index is 1.84. The van der Waals surface area contributed by atoms with Crippen LogP contribution in [0.2, 0.25) is 0 Å². The van der Waals surface area contributed by atoms with Crippen LogP contribution in [-0.2, 0) is 0 Å². The number of aryl methyl sites for hydroxylation is 1. The summed E-state index contributed by atoms with van der Waals surface area (Å²) in [6.07, 6.45) is -9.87. The van der Waals surface area contributed by atoms with Gasteiger partial charge in [-0.05, 0) is 55.7 Å². The quantitative estimate of drug-likeness (QED) is 0.705. The number of halogens is 6. The molecule has 156 valence electrons. The van der Waals surface area contributed by atoms with Crippen LogP contribution in [-0.4, -0.2) is 33.4 Å². The number of hydrazine groups is 1. The molecule has 0 saturated heterocycles. The van der Waals surface area contributed by atoms with Gasteiger partial charge in [0.15, 0.2) is 5.54 Å². The van der Waals surface area contributed by atoms with E-state index in [0.29, 0.717) is 17.6 Å². The Morgan fingerprint density at radius 3 is 2.28 bits per heavy atom. The Hall–Kier alpha value is -2.67. The standard InChI is InChI=1S/C16H13F6N5OS/c1-8-12(29-26-24-8)13(28)23-9-3-5-10(6-4-9)27-11(15(17,18)19)7-14(2,25-27)16(20,21)22/h3-7,25H,1-2H3,(H,23,28). The zero-order chi connectivity index (χ0) is 21.6. The molecule has 0 radical (unpaired) electrons. The number of anilines is 2. The number of benzene rings is 1. The van der Waals surface area contributed by atoms with Crippen LogP contribution in [0.5, 0.6) is 0 Å². The van der Waals surface area contributed by atoms with Gasteiger partial charge in [0.1, 0.15) is 10.6 Å². The first kappa shape index (κ1) is 21.0. The van der Waals surface area contributed by atoms with E-state index in [4.69, 9.17) is 0 Å². The number of carbonyl (C=O) groups excluding carboxylic acids is 1. The smallest absolute Gasteiger partial charge is 0.321 e. The highest BCUT2D eigenvalue weighted by Crippen LogP contribution is 2.43. The van der Waals surface area contributed by atoms with E-state index in [1.54, 1.807) is 6.92 Å². The first-order valence-electron chi connectivity index (χ1n) is 7.97. The van der Waals surface area contributed by atoms with Crippen molar-refractivity contribution in [2.24, 2.45) is 0 Å². The van der Waals surface area contributed by atoms with Gasteiger partial charge in [0.25, 0.3) is 5.91 Å². The number of amides is 1. The Kier molecular flexibility index (Phi) is 5.07. The van der Waals surface area contributed by atoms with E-state index >= 15 is 0 Å². The first-order valence-corrected chi connectivity index (χ1v) is 8.74. The van der Waals surface area contributed by atoms with Gasteiger partial charge in [-0.3, -0.25) is 9.80 Å². The second kappa shape index (κ2) is 6.99. The number of rotatable bonds is 3. The fraction of sp³-hybridized carbons (Fsp3) is 0.312. The molecule has 2 heterocycles. The van der Waals surface area contributed by atoms with Crippen LogP contribution >= 0.6 is 11.5 Å². The summed E-state index contributed by atoms with van der Waals surface area (Å²) in [5.41, 5.74) is -2.04. The molecule has 1 aromatic carbocycles. The molecule has 0 fully saturated rings. The molecule has 6 nitrogen and oxygen atoms in total. The fourth-order valence-corrected chi connectivity index (χ4v) is 3.09. The molecule has 2 N–H and O–H groups in total. The van der Waals surface area contributed by atoms with Gasteiger partial charge < -0.3 is 5.32 Å². The van der Waals surface area contributed by atoms with E-state index < -0.39 is 29.5 Å². The lowest BCUT2D eigenvalue weighted by molar-refractivity contribution is -0.174. The molecule has 13 heteroatoms. The summed E-state index contributed by atoms with van der Waals surface area (Å²) in [5, 5.41) is 6.55. The zero-order valence-electron chi connectivity index (χ0n) is 14.8. The largest absolute Gasteiger partial charge is 0.432 e. The van der Waals surface area contributed by atoms with Crippen LogP contribution < -0.4 is 15.8 Å². The molecular weight excluding hydrogens is 424 g/mol. The lowest BCUT2D eigenvalue weighted by Gasteiger charge is -2.30. The van der Waals surface area contributed by atoms with Gasteiger partial charge in [0.05, 0.1) is 11.4 Å². The minimum absolute atomic E-state index is 0.0995. The van der Waals surface area contributed by atoms with Crippen LogP contribution in [0.3, 0.4) is 0 Å². The Morgan fingerprint density at radius 2 is 1.79 bits per heavy atom. The molecule has 1 aliphatic heterocycles. The number of hydrogen-bond donors (Lipinski definition) is 2. The average Bonchev–Trinajstić information content (AvgIpc) is 3.19. The maximum atomic E-state index is 13.3. The summed E-state index contributed by atoms with van der Waals surface area (Å²) in [7, 11) is 0. The molecule has 1 aliphatic rings. The van der Waals surface area contributed by atoms with E-state index in [1.807, 2.05) is 5.43 Å². The number of alkyl halides is 6. The van der Waals surface area contributed by atoms with Crippen molar-refractivity contribution < 1.29 is 31.1 Å². The van der Waals surface area contributed by atoms with Crippen LogP contribution in [0.15, 0.2) is 36.0 Å². The maximum absolute atomic E-state index is 13.3. The van der Waals surface area contributed by atoms with Crippen LogP contribution in [0.25, 0.3) is 0 Å². The van der Waals surface area contributed by atoms with E-state index in [-0.39, 0.29) is 22.3 Å². The number of carbonyl (C=O) groups is 1. The number of aromatic nitrogens is 2. The highest BCUT2D eigenvalue weighted by Gasteiger charge is 2.58. The second-order valence-electron chi connectivity index (χ2n) is 6.36. The van der Waals surface area contributed by atoms with Gasteiger partial charge in [-0.25, -0.2) is 5.43 Å². The minimum Gasteiger partial charge on any atom is -0.321 e. The highest BCUT2D eigenvalue weighted by atomic mass is 32.1. The summed E-state index contributed by atoms with van der Waals surface area (Å²) in [4.78, 5) is 12.4. The van der Waals surface area contributed by atoms with Crippen LogP contribution in [0, 0.1) is 6.92 Å². The maximum Gasteiger partial charge on any atom is 0.432 e. The van der Waals surface area contributed by atoms with Crippen LogP contribution in [0.1, 0.15) is 22.3 Å². The summed E-state index contributed by atoms with van der Waals surface area (Å²) >= 11 is 0.875. The van der Waals surface area contributed by atoms with E-state index in [9.17, 15) is 31.1 Å². The van der Waals surface area contributed by atoms with Crippen molar-refractivity contribution in [3.8, 4) is 0 Å². The SMILES string of the molecule is Cc1nnsc1C(=O)Nc1ccc(N2NC(C)(C(F)(F)F)C=C2C(F)(F)F)cc1. The Bertz CT molecular complexity index is 952. The average molecular weight is 437 g/mol. The molecule has 0 saturated carbocycles. The van der Waals surface area contributed by atoms with Gasteiger partial charge in [0.2, 0.25) is 0 Å². The van der Waals surface area contributed by atoms with Crippen molar-refractivity contribution in [1.82, 2.24) is 15.0 Å². The van der Waals surface area contributed by atoms with Crippen molar-refractivity contribution in [2.45, 2.75) is 31.7 Å². The van der Waals surface area contributed by atoms with Crippen molar-refractivity contribution >= 4 is 28.8 Å². The summed E-state index contributed by atoms with van der Waals surface area (Å²) in [5.74, 6) is -0.509. The third-order valence-corrected chi connectivity index (χ3v) is 4.96. The first-order chi connectivity index (χ1) is 13.3. The summed E-state index contributed by atoms with van der Waals surface area (Å²) in [6, 6.07) is 4.86. The van der Waals surface area contributed by atoms with Gasteiger partial charge in [0, 0.05) is 5.69 Å². The highest BCUT2D eigenvalue weighted by molar-refractivity contribution is 7.08. The van der Waals surface area contributed by atoms with Gasteiger partial charge >= 0.3 is 12.4 Å². The molecule has 1 aromatic heterocycles. The molecule has 0 aliphatic carbocycles. The predicted molar refractivity (Wildman–Crippen MR) is 93.3 cm³/mol. The third-order valence-electron chi connectivity index (χ3n) is 4.13. The van der Waals surface area contributed by atoms with Crippen molar-refractivity contribution in [3.05, 3.63) is 46.6 Å². The molecule has 1 amide bonds. The van der Waals surface area contributed by atoms with Gasteiger partial charge in [-0.15, -0.1) is 5.10 Å². The lowest BCUT2D eigenvalue weighted by atomic mass is 10.0. The molecule has 1 atom stereocenters. The van der Waals surface area contributed by atoms with E-state index in [0.717, 1.165) is 23.7 Å². The molecule has 0 bridgehead atoms. The molecule has 1 unspecified atom stereocenters. The molecule has 0 spiro atoms. The molecule has 3 rings (SSSR count). The second-order valence-corrected chi connectivity index (χ2v) is 7.12. The van der Waals surface area contributed by atoms with Gasteiger partial charge in [-0.1, -0.05) is 4.49 Å². The van der Waals surface area contributed by atoms with Crippen molar-refractivity contribution in [1.29, 1.82) is 0 Å². The van der Waals surface area contributed by atoms with E-state index in [1.165, 1.54) is 12.1 Å². The number of allylic oxidation sites excluding steroid dienone is 1. The summed E-state index contributed by atoms with van der Waals surface area (Å²) in [6.45, 7) is 2.20. The molecule has 29 heavy (non-hydrogen) atoms. The normalized spacial score (nSPS) is 20.0. The Labute approximate surface area is 164 Å². The summed E-state index contributed by atoms with van der Waals surface area (Å²) < 4.78 is 83.1. The third kappa shape index (κ3) is 4.05. The monoisotopic (exact) mass is 437 g/mol. The molecular formula is C16H13F6N5OS. The number of nitrogens with one attached hydrogen (secondary N) is 2.